The minimum absolute atomic E-state index is 0.833. The fraction of sp³-hybridized carbons (Fsp3) is 0.294. The van der Waals surface area contributed by atoms with Crippen molar-refractivity contribution in [2.45, 2.75) is 26.7 Å². The Morgan fingerprint density at radius 1 is 1.00 bits per heavy atom. The molecule has 98 valence electrons. The Hall–Kier alpha value is -1.96. The maximum atomic E-state index is 5.95. The molecule has 0 amide bonds. The first-order valence-electron chi connectivity index (χ1n) is 6.88. The molecule has 0 unspecified atom stereocenters. The van der Waals surface area contributed by atoms with Gasteiger partial charge in [-0.15, -0.1) is 0 Å². The van der Waals surface area contributed by atoms with Gasteiger partial charge in [-0.05, 0) is 56.0 Å². The summed E-state index contributed by atoms with van der Waals surface area (Å²) in [6.07, 6.45) is 2.37. The summed E-state index contributed by atoms with van der Waals surface area (Å²) in [6.45, 7) is 5.38. The Morgan fingerprint density at radius 2 is 1.84 bits per heavy atom. The Bertz CT molecular complexity index is 617. The average molecular weight is 252 g/mol. The third-order valence-corrected chi connectivity index (χ3v) is 3.88. The van der Waals surface area contributed by atoms with Gasteiger partial charge in [0.25, 0.3) is 0 Å². The lowest BCUT2D eigenvalue weighted by atomic mass is 9.98. The SMILES string of the molecule is Cc1ccc2c(c1)CCCN2c1cc(N)ccc1C. The van der Waals surface area contributed by atoms with E-state index in [1.807, 2.05) is 6.07 Å². The van der Waals surface area contributed by atoms with Crippen LogP contribution in [-0.4, -0.2) is 6.54 Å². The maximum Gasteiger partial charge on any atom is 0.0461 e. The fourth-order valence-electron chi connectivity index (χ4n) is 2.89. The lowest BCUT2D eigenvalue weighted by molar-refractivity contribution is 0.764. The summed E-state index contributed by atoms with van der Waals surface area (Å²) in [7, 11) is 0. The van der Waals surface area contributed by atoms with Crippen LogP contribution >= 0.6 is 0 Å². The summed E-state index contributed by atoms with van der Waals surface area (Å²) in [5, 5.41) is 0. The molecule has 0 aliphatic carbocycles. The Kier molecular flexibility index (Phi) is 2.94. The lowest BCUT2D eigenvalue weighted by Crippen LogP contribution is -2.25. The van der Waals surface area contributed by atoms with Crippen LogP contribution in [0.3, 0.4) is 0 Å². The van der Waals surface area contributed by atoms with E-state index in [9.17, 15) is 0 Å². The first-order valence-corrected chi connectivity index (χ1v) is 6.88. The normalized spacial score (nSPS) is 14.3. The molecule has 3 rings (SSSR count). The number of benzene rings is 2. The minimum Gasteiger partial charge on any atom is -0.399 e. The molecule has 0 saturated carbocycles. The molecule has 2 heteroatoms. The third-order valence-electron chi connectivity index (χ3n) is 3.88. The van der Waals surface area contributed by atoms with Gasteiger partial charge >= 0.3 is 0 Å². The highest BCUT2D eigenvalue weighted by atomic mass is 15.1. The number of hydrogen-bond donors (Lipinski definition) is 1. The zero-order chi connectivity index (χ0) is 13.4. The molecule has 2 nitrogen and oxygen atoms in total. The molecule has 0 aromatic heterocycles. The predicted octanol–water partition coefficient (Wildman–Crippen LogP) is 3.97. The van der Waals surface area contributed by atoms with Gasteiger partial charge < -0.3 is 10.6 Å². The highest BCUT2D eigenvalue weighted by Gasteiger charge is 2.19. The third kappa shape index (κ3) is 2.19. The summed E-state index contributed by atoms with van der Waals surface area (Å²) < 4.78 is 0. The van der Waals surface area contributed by atoms with Crippen molar-refractivity contribution in [3.05, 3.63) is 53.1 Å². The molecule has 2 aromatic rings. The second-order valence-electron chi connectivity index (χ2n) is 5.43. The van der Waals surface area contributed by atoms with Gasteiger partial charge in [0.15, 0.2) is 0 Å². The number of nitrogens with zero attached hydrogens (tertiary/aromatic N) is 1. The Labute approximate surface area is 114 Å². The number of fused-ring (bicyclic) bond motifs is 1. The number of hydrogen-bond acceptors (Lipinski definition) is 2. The Balaban J connectivity index is 2.11. The van der Waals surface area contributed by atoms with Gasteiger partial charge in [-0.25, -0.2) is 0 Å². The molecular formula is C17H20N2. The van der Waals surface area contributed by atoms with Gasteiger partial charge in [0.2, 0.25) is 0 Å². The van der Waals surface area contributed by atoms with Crippen molar-refractivity contribution in [1.82, 2.24) is 0 Å². The molecule has 1 heterocycles. The summed E-state index contributed by atoms with van der Waals surface area (Å²) in [6, 6.07) is 12.9. The van der Waals surface area contributed by atoms with E-state index in [1.54, 1.807) is 0 Å². The van der Waals surface area contributed by atoms with Crippen molar-refractivity contribution in [2.75, 3.05) is 17.2 Å². The zero-order valence-electron chi connectivity index (χ0n) is 11.6. The largest absolute Gasteiger partial charge is 0.399 e. The van der Waals surface area contributed by atoms with E-state index in [4.69, 9.17) is 5.73 Å². The van der Waals surface area contributed by atoms with E-state index in [-0.39, 0.29) is 0 Å². The van der Waals surface area contributed by atoms with Crippen LogP contribution in [-0.2, 0) is 6.42 Å². The van der Waals surface area contributed by atoms with Gasteiger partial charge in [-0.1, -0.05) is 23.8 Å². The summed E-state index contributed by atoms with van der Waals surface area (Å²) in [5.74, 6) is 0. The van der Waals surface area contributed by atoms with E-state index in [0.717, 1.165) is 12.2 Å². The molecule has 1 aliphatic heterocycles. The van der Waals surface area contributed by atoms with Crippen molar-refractivity contribution in [1.29, 1.82) is 0 Å². The topological polar surface area (TPSA) is 29.3 Å². The fourth-order valence-corrected chi connectivity index (χ4v) is 2.89. The highest BCUT2D eigenvalue weighted by Crippen LogP contribution is 2.36. The molecule has 1 aliphatic rings. The number of nitrogen functional groups attached to an aromatic ring is 1. The van der Waals surface area contributed by atoms with E-state index < -0.39 is 0 Å². The van der Waals surface area contributed by atoms with Crippen LogP contribution in [0.15, 0.2) is 36.4 Å². The van der Waals surface area contributed by atoms with Crippen molar-refractivity contribution in [3.8, 4) is 0 Å². The van der Waals surface area contributed by atoms with Gasteiger partial charge in [-0.2, -0.15) is 0 Å². The summed E-state index contributed by atoms with van der Waals surface area (Å²) in [4.78, 5) is 2.41. The van der Waals surface area contributed by atoms with Crippen LogP contribution in [0, 0.1) is 13.8 Å². The number of nitrogens with two attached hydrogens (primary N) is 1. The Morgan fingerprint density at radius 3 is 2.68 bits per heavy atom. The van der Waals surface area contributed by atoms with Gasteiger partial charge in [0, 0.05) is 23.6 Å². The predicted molar refractivity (Wildman–Crippen MR) is 82.1 cm³/mol. The highest BCUT2D eigenvalue weighted by molar-refractivity contribution is 5.72. The molecular weight excluding hydrogens is 232 g/mol. The second kappa shape index (κ2) is 4.61. The second-order valence-corrected chi connectivity index (χ2v) is 5.43. The maximum absolute atomic E-state index is 5.95. The molecule has 0 atom stereocenters. The molecule has 0 bridgehead atoms. The minimum atomic E-state index is 0.833. The quantitative estimate of drug-likeness (QED) is 0.778. The number of rotatable bonds is 1. The van der Waals surface area contributed by atoms with Crippen molar-refractivity contribution in [2.24, 2.45) is 0 Å². The first kappa shape index (κ1) is 12.1. The van der Waals surface area contributed by atoms with E-state index in [2.05, 4.69) is 49.1 Å². The van der Waals surface area contributed by atoms with Gasteiger partial charge in [0.1, 0.15) is 0 Å². The van der Waals surface area contributed by atoms with Crippen molar-refractivity contribution >= 4 is 17.1 Å². The van der Waals surface area contributed by atoms with Gasteiger partial charge in [0.05, 0.1) is 0 Å². The standard InChI is InChI=1S/C17H20N2/c1-12-5-8-16-14(10-12)4-3-9-19(16)17-11-15(18)7-6-13(17)2/h5-8,10-11H,3-4,9,18H2,1-2H3. The summed E-state index contributed by atoms with van der Waals surface area (Å²) in [5.41, 5.74) is 13.4. The first-order chi connectivity index (χ1) is 9.15. The van der Waals surface area contributed by atoms with E-state index >= 15 is 0 Å². The van der Waals surface area contributed by atoms with Gasteiger partial charge in [-0.3, -0.25) is 0 Å². The molecule has 0 spiro atoms. The van der Waals surface area contributed by atoms with E-state index in [0.29, 0.717) is 0 Å². The van der Waals surface area contributed by atoms with Crippen LogP contribution in [0.25, 0.3) is 0 Å². The molecule has 2 N–H and O–H groups in total. The van der Waals surface area contributed by atoms with E-state index in [1.165, 1.54) is 40.9 Å². The number of aryl methyl sites for hydroxylation is 3. The monoisotopic (exact) mass is 252 g/mol. The van der Waals surface area contributed by atoms with Crippen LogP contribution in [0.5, 0.6) is 0 Å². The summed E-state index contributed by atoms with van der Waals surface area (Å²) >= 11 is 0. The molecule has 0 fully saturated rings. The lowest BCUT2D eigenvalue weighted by Gasteiger charge is -2.33. The van der Waals surface area contributed by atoms with Crippen LogP contribution in [0.4, 0.5) is 17.1 Å². The van der Waals surface area contributed by atoms with Crippen LogP contribution in [0.1, 0.15) is 23.1 Å². The smallest absolute Gasteiger partial charge is 0.0461 e. The molecule has 2 aromatic carbocycles. The van der Waals surface area contributed by atoms with Crippen molar-refractivity contribution < 1.29 is 0 Å². The molecule has 19 heavy (non-hydrogen) atoms. The van der Waals surface area contributed by atoms with Crippen molar-refractivity contribution in [3.63, 3.8) is 0 Å². The molecule has 0 radical (unpaired) electrons. The zero-order valence-corrected chi connectivity index (χ0v) is 11.6. The number of anilines is 3. The average Bonchev–Trinajstić information content (AvgIpc) is 2.40. The molecule has 0 saturated heterocycles. The van der Waals surface area contributed by atoms with Crippen LogP contribution in [0.2, 0.25) is 0 Å². The van der Waals surface area contributed by atoms with Crippen LogP contribution < -0.4 is 10.6 Å².